The van der Waals surface area contributed by atoms with Gasteiger partial charge in [-0.1, -0.05) is 29.3 Å². The van der Waals surface area contributed by atoms with Gasteiger partial charge in [0.05, 0.1) is 17.0 Å². The third-order valence-electron chi connectivity index (χ3n) is 5.74. The van der Waals surface area contributed by atoms with E-state index in [0.29, 0.717) is 22.1 Å². The lowest BCUT2D eigenvalue weighted by Gasteiger charge is -2.26. The molecule has 8 nitrogen and oxygen atoms in total. The van der Waals surface area contributed by atoms with Crippen LogP contribution in [-0.4, -0.2) is 50.1 Å². The lowest BCUT2D eigenvalue weighted by atomic mass is 9.85. The second-order valence-electron chi connectivity index (χ2n) is 7.93. The number of benzene rings is 2. The molecule has 4 rings (SSSR count). The van der Waals surface area contributed by atoms with Gasteiger partial charge in [0.15, 0.2) is 11.4 Å². The van der Waals surface area contributed by atoms with E-state index in [4.69, 9.17) is 23.2 Å². The Bertz CT molecular complexity index is 1200. The highest BCUT2D eigenvalue weighted by molar-refractivity contribution is 6.32. The monoisotopic (exact) mass is 476 g/mol. The number of carbonyl (C=O) groups is 2. The zero-order valence-electron chi connectivity index (χ0n) is 17.2. The predicted molar refractivity (Wildman–Crippen MR) is 121 cm³/mol. The second-order valence-corrected chi connectivity index (χ2v) is 8.77. The molecule has 1 fully saturated rings. The fourth-order valence-corrected chi connectivity index (χ4v) is 4.27. The van der Waals surface area contributed by atoms with Gasteiger partial charge in [-0.3, -0.25) is 9.59 Å². The number of Topliss-reactive ketones (excluding diaryl/α,β-unsaturated/α-hetero) is 1. The van der Waals surface area contributed by atoms with Gasteiger partial charge >= 0.3 is 0 Å². The van der Waals surface area contributed by atoms with Crippen LogP contribution in [0.5, 0.6) is 0 Å². The van der Waals surface area contributed by atoms with Gasteiger partial charge in [0.2, 0.25) is 5.91 Å². The number of ketones is 1. The molecule has 1 aliphatic heterocycles. The second kappa shape index (κ2) is 8.80. The van der Waals surface area contributed by atoms with Gasteiger partial charge in [0, 0.05) is 47.2 Å². The van der Waals surface area contributed by atoms with Crippen LogP contribution in [0, 0.1) is 0 Å². The van der Waals surface area contributed by atoms with Crippen molar-refractivity contribution >= 4 is 51.6 Å². The Morgan fingerprint density at radius 1 is 1.25 bits per heavy atom. The van der Waals surface area contributed by atoms with Crippen LogP contribution in [0.1, 0.15) is 37.1 Å². The van der Waals surface area contributed by atoms with Crippen molar-refractivity contribution in [2.75, 3.05) is 18.4 Å². The number of nitrogens with zero attached hydrogens (tertiary/aromatic N) is 2. The molecule has 1 aliphatic rings. The summed E-state index contributed by atoms with van der Waals surface area (Å²) in [5, 5.41) is 25.2. The number of nitrogens with one attached hydrogen (secondary N) is 2. The van der Waals surface area contributed by atoms with Gasteiger partial charge in [-0.15, -0.1) is 0 Å². The van der Waals surface area contributed by atoms with E-state index >= 15 is 0 Å². The summed E-state index contributed by atoms with van der Waals surface area (Å²) >= 11 is 12.4. The van der Waals surface area contributed by atoms with Crippen LogP contribution in [0.25, 0.3) is 11.0 Å². The number of rotatable bonds is 4. The van der Waals surface area contributed by atoms with Gasteiger partial charge in [-0.25, -0.2) is 4.98 Å². The van der Waals surface area contributed by atoms with E-state index in [1.165, 1.54) is 12.1 Å². The zero-order chi connectivity index (χ0) is 23.0. The SMILES string of the molecule is CC(C(=O)Nc1ccc(C2(O)CCN(O)CCC2=O)c(Cl)c1)c1nc2cc(Cl)ccc2[nH]1. The van der Waals surface area contributed by atoms with Crippen molar-refractivity contribution in [3.63, 3.8) is 0 Å². The number of aromatic nitrogens is 2. The number of hydrogen-bond donors (Lipinski definition) is 4. The summed E-state index contributed by atoms with van der Waals surface area (Å²) < 4.78 is 0. The molecule has 2 aromatic carbocycles. The van der Waals surface area contributed by atoms with Crippen LogP contribution in [0.2, 0.25) is 10.0 Å². The van der Waals surface area contributed by atoms with Crippen molar-refractivity contribution in [2.24, 2.45) is 0 Å². The van der Waals surface area contributed by atoms with Gasteiger partial charge < -0.3 is 20.6 Å². The summed E-state index contributed by atoms with van der Waals surface area (Å²) in [6, 6.07) is 9.86. The number of imidazole rings is 1. The minimum atomic E-state index is -1.79. The quantitative estimate of drug-likeness (QED) is 0.453. The third kappa shape index (κ3) is 4.37. The number of carbonyl (C=O) groups excluding carboxylic acids is 2. The number of hydroxylamine groups is 2. The van der Waals surface area contributed by atoms with Crippen molar-refractivity contribution < 1.29 is 19.9 Å². The number of fused-ring (bicyclic) bond motifs is 1. The molecule has 0 bridgehead atoms. The molecule has 1 saturated heterocycles. The Morgan fingerprint density at radius 2 is 2.03 bits per heavy atom. The van der Waals surface area contributed by atoms with E-state index in [0.717, 1.165) is 10.6 Å². The summed E-state index contributed by atoms with van der Waals surface area (Å²) in [4.78, 5) is 32.8. The molecular formula is C22H22Cl2N4O4. The first-order chi connectivity index (χ1) is 15.2. The van der Waals surface area contributed by atoms with Crippen LogP contribution >= 0.6 is 23.2 Å². The summed E-state index contributed by atoms with van der Waals surface area (Å²) in [7, 11) is 0. The van der Waals surface area contributed by atoms with Gasteiger partial charge in [0.1, 0.15) is 5.82 Å². The minimum absolute atomic E-state index is 0.00203. The summed E-state index contributed by atoms with van der Waals surface area (Å²) in [6.45, 7) is 2.01. The van der Waals surface area contributed by atoms with Crippen LogP contribution < -0.4 is 5.32 Å². The number of halogens is 2. The molecule has 2 heterocycles. The Kier molecular flexibility index (Phi) is 6.24. The largest absolute Gasteiger partial charge is 0.377 e. The van der Waals surface area contributed by atoms with E-state index in [2.05, 4.69) is 15.3 Å². The maximum absolute atomic E-state index is 12.8. The maximum Gasteiger partial charge on any atom is 0.234 e. The van der Waals surface area contributed by atoms with Crippen LogP contribution in [0.4, 0.5) is 5.69 Å². The zero-order valence-corrected chi connectivity index (χ0v) is 18.7. The molecule has 0 aliphatic carbocycles. The number of aromatic amines is 1. The highest BCUT2D eigenvalue weighted by atomic mass is 35.5. The van der Waals surface area contributed by atoms with E-state index < -0.39 is 17.3 Å². The van der Waals surface area contributed by atoms with E-state index in [1.54, 1.807) is 31.2 Å². The Hall–Kier alpha value is -2.49. The molecule has 3 aromatic rings. The smallest absolute Gasteiger partial charge is 0.234 e. The van der Waals surface area contributed by atoms with Gasteiger partial charge in [-0.05, 0) is 37.3 Å². The summed E-state index contributed by atoms with van der Waals surface area (Å²) in [5.41, 5.74) is 0.323. The van der Waals surface area contributed by atoms with E-state index in [-0.39, 0.29) is 42.4 Å². The molecule has 1 aromatic heterocycles. The molecule has 10 heteroatoms. The number of H-pyrrole nitrogens is 1. The topological polar surface area (TPSA) is 119 Å². The normalized spacial score (nSPS) is 20.8. The minimum Gasteiger partial charge on any atom is -0.377 e. The molecule has 32 heavy (non-hydrogen) atoms. The van der Waals surface area contributed by atoms with E-state index in [1.807, 2.05) is 0 Å². The standard InChI is InChI=1S/C22H22Cl2N4O4/c1-12(20-26-17-5-2-13(23)10-18(17)27-20)21(30)25-14-3-4-15(16(24)11-14)22(31)7-9-28(32)8-6-19(22)29/h2-5,10-12,31-32H,6-9H2,1H3,(H,25,30)(H,26,27). The Labute approximate surface area is 194 Å². The van der Waals surface area contributed by atoms with Gasteiger partial charge in [0.25, 0.3) is 0 Å². The van der Waals surface area contributed by atoms with Crippen molar-refractivity contribution in [3.8, 4) is 0 Å². The number of amides is 1. The highest BCUT2D eigenvalue weighted by Crippen LogP contribution is 2.36. The molecule has 4 N–H and O–H groups in total. The molecule has 2 unspecified atom stereocenters. The average Bonchev–Trinajstić information content (AvgIpc) is 3.12. The highest BCUT2D eigenvalue weighted by Gasteiger charge is 2.41. The third-order valence-corrected chi connectivity index (χ3v) is 6.29. The lowest BCUT2D eigenvalue weighted by molar-refractivity contribution is -0.138. The first-order valence-electron chi connectivity index (χ1n) is 10.1. The van der Waals surface area contributed by atoms with Crippen LogP contribution in [0.3, 0.4) is 0 Å². The Morgan fingerprint density at radius 3 is 2.78 bits per heavy atom. The molecule has 1 amide bonds. The van der Waals surface area contributed by atoms with Crippen molar-refractivity contribution in [3.05, 3.63) is 57.8 Å². The Balaban J connectivity index is 1.52. The fourth-order valence-electron chi connectivity index (χ4n) is 3.77. The van der Waals surface area contributed by atoms with Gasteiger partial charge in [-0.2, -0.15) is 5.06 Å². The maximum atomic E-state index is 12.8. The van der Waals surface area contributed by atoms with Crippen LogP contribution in [0.15, 0.2) is 36.4 Å². The average molecular weight is 477 g/mol. The number of hydrogen-bond acceptors (Lipinski definition) is 6. The first kappa shape index (κ1) is 22.7. The summed E-state index contributed by atoms with van der Waals surface area (Å²) in [6.07, 6.45) is 0.0168. The lowest BCUT2D eigenvalue weighted by Crippen LogP contribution is -2.36. The molecule has 0 saturated carbocycles. The molecule has 168 valence electrons. The molecule has 2 atom stereocenters. The van der Waals surface area contributed by atoms with Crippen molar-refractivity contribution in [1.29, 1.82) is 0 Å². The first-order valence-corrected chi connectivity index (χ1v) is 10.9. The fraction of sp³-hybridized carbons (Fsp3) is 0.318. The van der Waals surface area contributed by atoms with Crippen molar-refractivity contribution in [2.45, 2.75) is 31.3 Å². The number of aliphatic hydroxyl groups is 1. The van der Waals surface area contributed by atoms with Crippen molar-refractivity contribution in [1.82, 2.24) is 15.0 Å². The molecular weight excluding hydrogens is 455 g/mol. The summed E-state index contributed by atoms with van der Waals surface area (Å²) in [5.74, 6) is -0.803. The van der Waals surface area contributed by atoms with E-state index in [9.17, 15) is 19.9 Å². The number of anilines is 1. The van der Waals surface area contributed by atoms with Crippen LogP contribution in [-0.2, 0) is 15.2 Å². The molecule has 0 radical (unpaired) electrons. The predicted octanol–water partition coefficient (Wildman–Crippen LogP) is 3.85. The molecule has 0 spiro atoms.